The maximum Gasteiger partial charge on any atom is 0.271 e. The Labute approximate surface area is 246 Å². The standard InChI is InChI=1S/2C14H20ClN3O2/c1-2-3-4-5-6-7-13(19)17-18-14(20)11-8-9-16-10-12(11)15;1-2-3-4-5-6-7-13(19)17-18-14(20)11-8-9-16-12(15)10-11/h2*8-10H,2-7H2,1H3,(H,17,19)(H,18,20). The van der Waals surface area contributed by atoms with E-state index < -0.39 is 11.8 Å². The second kappa shape index (κ2) is 21.6. The molecule has 0 aliphatic carbocycles. The summed E-state index contributed by atoms with van der Waals surface area (Å²) in [6.07, 6.45) is 15.9. The van der Waals surface area contributed by atoms with Crippen molar-refractivity contribution < 1.29 is 19.2 Å². The summed E-state index contributed by atoms with van der Waals surface area (Å²) in [4.78, 5) is 54.1. The van der Waals surface area contributed by atoms with Crippen molar-refractivity contribution in [2.75, 3.05) is 0 Å². The van der Waals surface area contributed by atoms with Crippen molar-refractivity contribution in [1.82, 2.24) is 31.7 Å². The van der Waals surface area contributed by atoms with Gasteiger partial charge in [0, 0.05) is 37.0 Å². The number of halogens is 2. The molecule has 10 nitrogen and oxygen atoms in total. The van der Waals surface area contributed by atoms with Gasteiger partial charge in [0.25, 0.3) is 11.8 Å². The molecule has 2 aromatic heterocycles. The minimum Gasteiger partial charge on any atom is -0.273 e. The molecule has 2 rings (SSSR count). The van der Waals surface area contributed by atoms with Crippen LogP contribution in [0.5, 0.6) is 0 Å². The maximum absolute atomic E-state index is 11.7. The molecule has 40 heavy (non-hydrogen) atoms. The minimum absolute atomic E-state index is 0.185. The molecule has 0 spiro atoms. The highest BCUT2D eigenvalue weighted by Gasteiger charge is 2.11. The summed E-state index contributed by atoms with van der Waals surface area (Å²) in [7, 11) is 0. The molecule has 0 unspecified atom stereocenters. The lowest BCUT2D eigenvalue weighted by Crippen LogP contribution is -2.41. The predicted octanol–water partition coefficient (Wildman–Crippen LogP) is 5.71. The average Bonchev–Trinajstić information content (AvgIpc) is 2.95. The molecular weight excluding hydrogens is 555 g/mol. The molecule has 0 radical (unpaired) electrons. The van der Waals surface area contributed by atoms with Gasteiger partial charge >= 0.3 is 0 Å². The largest absolute Gasteiger partial charge is 0.273 e. The van der Waals surface area contributed by atoms with Crippen LogP contribution in [-0.4, -0.2) is 33.6 Å². The van der Waals surface area contributed by atoms with Crippen LogP contribution in [0.2, 0.25) is 10.2 Å². The molecule has 0 saturated carbocycles. The third-order valence-electron chi connectivity index (χ3n) is 5.65. The molecular formula is C28H40Cl2N6O4. The zero-order valence-corrected chi connectivity index (χ0v) is 24.7. The van der Waals surface area contributed by atoms with E-state index in [1.165, 1.54) is 62.5 Å². The van der Waals surface area contributed by atoms with E-state index in [1.807, 2.05) is 0 Å². The number of unbranched alkanes of at least 4 members (excludes halogenated alkanes) is 8. The molecule has 2 aromatic rings. The number of hydrogen-bond acceptors (Lipinski definition) is 6. The van der Waals surface area contributed by atoms with E-state index in [9.17, 15) is 19.2 Å². The van der Waals surface area contributed by atoms with Gasteiger partial charge in [0.2, 0.25) is 11.8 Å². The van der Waals surface area contributed by atoms with Gasteiger partial charge in [-0.25, -0.2) is 4.98 Å². The van der Waals surface area contributed by atoms with Crippen LogP contribution in [-0.2, 0) is 9.59 Å². The Balaban J connectivity index is 0.000000400. The van der Waals surface area contributed by atoms with Crippen molar-refractivity contribution in [3.8, 4) is 0 Å². The van der Waals surface area contributed by atoms with Gasteiger partial charge in [0.15, 0.2) is 0 Å². The van der Waals surface area contributed by atoms with Gasteiger partial charge in [-0.1, -0.05) is 88.4 Å². The van der Waals surface area contributed by atoms with Gasteiger partial charge in [-0.05, 0) is 31.0 Å². The first-order valence-corrected chi connectivity index (χ1v) is 14.4. The highest BCUT2D eigenvalue weighted by molar-refractivity contribution is 6.33. The minimum atomic E-state index is -0.447. The molecule has 0 aliphatic heterocycles. The van der Waals surface area contributed by atoms with Crippen molar-refractivity contribution >= 4 is 46.8 Å². The Morgan fingerprint density at radius 2 is 1.25 bits per heavy atom. The smallest absolute Gasteiger partial charge is 0.271 e. The number of nitrogens with one attached hydrogen (secondary N) is 4. The Morgan fingerprint density at radius 1 is 0.700 bits per heavy atom. The van der Waals surface area contributed by atoms with Crippen molar-refractivity contribution in [3.63, 3.8) is 0 Å². The number of aromatic nitrogens is 2. The molecule has 12 heteroatoms. The molecule has 0 bridgehead atoms. The number of pyridine rings is 2. The molecule has 220 valence electrons. The fourth-order valence-electron chi connectivity index (χ4n) is 3.40. The van der Waals surface area contributed by atoms with Crippen LogP contribution in [0.3, 0.4) is 0 Å². The van der Waals surface area contributed by atoms with Crippen molar-refractivity contribution in [2.24, 2.45) is 0 Å². The molecule has 0 aromatic carbocycles. The number of carbonyl (C=O) groups is 4. The van der Waals surface area contributed by atoms with E-state index >= 15 is 0 Å². The number of hydrogen-bond donors (Lipinski definition) is 4. The van der Waals surface area contributed by atoms with E-state index in [4.69, 9.17) is 23.2 Å². The van der Waals surface area contributed by atoms with Crippen LogP contribution in [0.25, 0.3) is 0 Å². The van der Waals surface area contributed by atoms with Crippen molar-refractivity contribution in [1.29, 1.82) is 0 Å². The number of amides is 4. The van der Waals surface area contributed by atoms with Crippen LogP contribution in [0.15, 0.2) is 36.8 Å². The van der Waals surface area contributed by atoms with Gasteiger partial charge in [-0.2, -0.15) is 0 Å². The summed E-state index contributed by atoms with van der Waals surface area (Å²) < 4.78 is 0. The average molecular weight is 596 g/mol. The van der Waals surface area contributed by atoms with Gasteiger partial charge in [0.1, 0.15) is 5.15 Å². The van der Waals surface area contributed by atoms with Crippen LogP contribution in [0.1, 0.15) is 112 Å². The van der Waals surface area contributed by atoms with Crippen LogP contribution >= 0.6 is 23.2 Å². The molecule has 4 amide bonds. The van der Waals surface area contributed by atoms with Gasteiger partial charge < -0.3 is 0 Å². The fraction of sp³-hybridized carbons (Fsp3) is 0.500. The Hall–Kier alpha value is -3.24. The predicted molar refractivity (Wildman–Crippen MR) is 156 cm³/mol. The molecule has 4 N–H and O–H groups in total. The Bertz CT molecular complexity index is 1070. The Morgan fingerprint density at radius 3 is 1.77 bits per heavy atom. The van der Waals surface area contributed by atoms with Gasteiger partial charge in [-0.3, -0.25) is 45.9 Å². The number of carbonyl (C=O) groups excluding carboxylic acids is 4. The van der Waals surface area contributed by atoms with Crippen LogP contribution in [0.4, 0.5) is 0 Å². The Kier molecular flexibility index (Phi) is 18.8. The number of hydrazine groups is 2. The van der Waals surface area contributed by atoms with E-state index in [-0.39, 0.29) is 27.6 Å². The SMILES string of the molecule is CCCCCCCC(=O)NNC(=O)c1ccnc(Cl)c1.CCCCCCCC(=O)NNC(=O)c1ccncc1Cl. The summed E-state index contributed by atoms with van der Waals surface area (Å²) in [6.45, 7) is 4.29. The quantitative estimate of drug-likeness (QED) is 0.125. The lowest BCUT2D eigenvalue weighted by molar-refractivity contribution is -0.122. The fourth-order valence-corrected chi connectivity index (χ4v) is 3.78. The third-order valence-corrected chi connectivity index (χ3v) is 6.16. The summed E-state index contributed by atoms with van der Waals surface area (Å²) in [5.41, 5.74) is 10.1. The lowest BCUT2D eigenvalue weighted by atomic mass is 10.1. The van der Waals surface area contributed by atoms with Gasteiger partial charge in [0.05, 0.1) is 10.6 Å². The third kappa shape index (κ3) is 16.0. The highest BCUT2D eigenvalue weighted by Crippen LogP contribution is 2.12. The zero-order valence-electron chi connectivity index (χ0n) is 23.2. The van der Waals surface area contributed by atoms with E-state index in [0.717, 1.165) is 38.5 Å². The first-order chi connectivity index (χ1) is 19.3. The second-order valence-corrected chi connectivity index (χ2v) is 9.85. The highest BCUT2D eigenvalue weighted by atomic mass is 35.5. The first kappa shape index (κ1) is 34.8. The normalized spacial score (nSPS) is 10.1. The molecule has 0 aliphatic rings. The van der Waals surface area contributed by atoms with E-state index in [1.54, 1.807) is 0 Å². The zero-order chi connectivity index (χ0) is 29.6. The monoisotopic (exact) mass is 594 g/mol. The maximum atomic E-state index is 11.7. The molecule has 0 atom stereocenters. The van der Waals surface area contributed by atoms with Crippen molar-refractivity contribution in [2.45, 2.75) is 90.9 Å². The molecule has 0 fully saturated rings. The molecule has 2 heterocycles. The first-order valence-electron chi connectivity index (χ1n) is 13.7. The van der Waals surface area contributed by atoms with Gasteiger partial charge in [-0.15, -0.1) is 0 Å². The van der Waals surface area contributed by atoms with E-state index in [0.29, 0.717) is 18.4 Å². The van der Waals surface area contributed by atoms with Crippen molar-refractivity contribution in [3.05, 3.63) is 58.1 Å². The number of rotatable bonds is 14. The van der Waals surface area contributed by atoms with Crippen LogP contribution < -0.4 is 21.7 Å². The summed E-state index contributed by atoms with van der Waals surface area (Å²) in [5.74, 6) is -1.24. The second-order valence-electron chi connectivity index (χ2n) is 9.06. The van der Waals surface area contributed by atoms with E-state index in [2.05, 4.69) is 45.5 Å². The number of nitrogens with zero attached hydrogens (tertiary/aromatic N) is 2. The summed E-state index contributed by atoms with van der Waals surface area (Å²) in [5, 5.41) is 0.485. The molecule has 0 saturated heterocycles. The van der Waals surface area contributed by atoms with Crippen LogP contribution in [0, 0.1) is 0 Å². The lowest BCUT2D eigenvalue weighted by Gasteiger charge is -2.08. The summed E-state index contributed by atoms with van der Waals surface area (Å²) >= 11 is 11.5. The summed E-state index contributed by atoms with van der Waals surface area (Å²) in [6, 6.07) is 4.46. The topological polar surface area (TPSA) is 142 Å².